The van der Waals surface area contributed by atoms with E-state index in [2.05, 4.69) is 39.6 Å². The lowest BCUT2D eigenvalue weighted by Gasteiger charge is -2.61. The maximum atomic E-state index is 13.5. The summed E-state index contributed by atoms with van der Waals surface area (Å²) in [5.41, 5.74) is 1.34. The van der Waals surface area contributed by atoms with Gasteiger partial charge in [-0.2, -0.15) is 8.42 Å². The lowest BCUT2D eigenvalue weighted by molar-refractivity contribution is -0.126. The first kappa shape index (κ1) is 29.6. The summed E-state index contributed by atoms with van der Waals surface area (Å²) in [5.74, 6) is 5.63. The summed E-state index contributed by atoms with van der Waals surface area (Å²) in [7, 11) is -3.88. The molecule has 226 valence electrons. The Labute approximate surface area is 249 Å². The Morgan fingerprint density at radius 1 is 0.902 bits per heavy atom. The fraction of sp³-hybridized carbons (Fsp3) is 0.750. The molecular weight excluding hydrogens is 526 g/mol. The van der Waals surface area contributed by atoms with Gasteiger partial charge in [0.1, 0.15) is 4.90 Å². The average Bonchev–Trinajstić information content (AvgIpc) is 3.30. The van der Waals surface area contributed by atoms with Gasteiger partial charge in [0.15, 0.2) is 0 Å². The SMILES string of the molecule is CC(C)CCC[C@@H](C)[C@H]1CC[C@H]2[C@@H]3CC[C@H]4C[C@@H](OS(=O)(=O)c5cccc6cccnc56)CC[C@]4(C)[C@H]3CC[C@]12C. The van der Waals surface area contributed by atoms with Crippen LogP contribution in [-0.2, 0) is 14.3 Å². The summed E-state index contributed by atoms with van der Waals surface area (Å²) in [6.45, 7) is 12.5. The normalized spacial score (nSPS) is 37.9. The lowest BCUT2D eigenvalue weighted by atomic mass is 9.44. The van der Waals surface area contributed by atoms with Crippen molar-refractivity contribution in [2.45, 2.75) is 123 Å². The molecule has 4 nitrogen and oxygen atoms in total. The molecule has 4 saturated carbocycles. The van der Waals surface area contributed by atoms with Crippen LogP contribution < -0.4 is 0 Å². The highest BCUT2D eigenvalue weighted by atomic mass is 32.2. The Hall–Kier alpha value is -1.46. The van der Waals surface area contributed by atoms with Crippen LogP contribution in [0.15, 0.2) is 41.4 Å². The van der Waals surface area contributed by atoms with Gasteiger partial charge in [0.05, 0.1) is 11.6 Å². The predicted molar refractivity (Wildman–Crippen MR) is 167 cm³/mol. The van der Waals surface area contributed by atoms with Crippen molar-refractivity contribution in [1.82, 2.24) is 4.98 Å². The molecule has 0 N–H and O–H groups in total. The molecule has 0 spiro atoms. The van der Waals surface area contributed by atoms with E-state index in [9.17, 15) is 8.42 Å². The molecule has 2 aromatic rings. The molecule has 5 heteroatoms. The second kappa shape index (κ2) is 11.2. The molecule has 0 bridgehead atoms. The van der Waals surface area contributed by atoms with Crippen LogP contribution in [0.2, 0.25) is 0 Å². The summed E-state index contributed by atoms with van der Waals surface area (Å²) >= 11 is 0. The van der Waals surface area contributed by atoms with Crippen molar-refractivity contribution in [2.24, 2.45) is 52.3 Å². The Morgan fingerprint density at radius 2 is 1.66 bits per heavy atom. The van der Waals surface area contributed by atoms with Crippen LogP contribution in [-0.4, -0.2) is 19.5 Å². The molecule has 0 radical (unpaired) electrons. The smallest absolute Gasteiger partial charge is 0.263 e. The first-order valence-corrected chi connectivity index (χ1v) is 18.2. The van der Waals surface area contributed by atoms with Crippen molar-refractivity contribution in [3.05, 3.63) is 36.5 Å². The minimum Gasteiger partial charge on any atom is -0.263 e. The molecule has 1 heterocycles. The van der Waals surface area contributed by atoms with Crippen LogP contribution in [0, 0.1) is 52.3 Å². The number of nitrogens with zero attached hydrogens (tertiary/aromatic N) is 1. The van der Waals surface area contributed by atoms with Crippen LogP contribution in [0.5, 0.6) is 0 Å². The van der Waals surface area contributed by atoms with Gasteiger partial charge in [0, 0.05) is 11.6 Å². The number of pyridine rings is 1. The first-order chi connectivity index (χ1) is 19.5. The van der Waals surface area contributed by atoms with Crippen LogP contribution in [0.3, 0.4) is 0 Å². The van der Waals surface area contributed by atoms with Crippen molar-refractivity contribution in [2.75, 3.05) is 0 Å². The Morgan fingerprint density at radius 3 is 2.46 bits per heavy atom. The summed E-state index contributed by atoms with van der Waals surface area (Å²) < 4.78 is 32.9. The van der Waals surface area contributed by atoms with E-state index in [4.69, 9.17) is 4.18 Å². The third kappa shape index (κ3) is 5.30. The Bertz CT molecular complexity index is 1330. The molecule has 6 rings (SSSR count). The average molecular weight is 580 g/mol. The number of hydrogen-bond acceptors (Lipinski definition) is 4. The van der Waals surface area contributed by atoms with Gasteiger partial charge in [-0.25, -0.2) is 0 Å². The van der Waals surface area contributed by atoms with E-state index in [0.29, 0.717) is 22.3 Å². The van der Waals surface area contributed by atoms with Gasteiger partial charge in [-0.1, -0.05) is 72.1 Å². The number of para-hydroxylation sites is 1. The van der Waals surface area contributed by atoms with Gasteiger partial charge >= 0.3 is 0 Å². The maximum absolute atomic E-state index is 13.5. The van der Waals surface area contributed by atoms with Gasteiger partial charge in [0.25, 0.3) is 10.1 Å². The van der Waals surface area contributed by atoms with Crippen molar-refractivity contribution in [1.29, 1.82) is 0 Å². The number of rotatable bonds is 8. The molecule has 0 saturated heterocycles. The monoisotopic (exact) mass is 579 g/mol. The van der Waals surface area contributed by atoms with Crippen molar-refractivity contribution < 1.29 is 12.6 Å². The molecule has 1 aromatic carbocycles. The van der Waals surface area contributed by atoms with Crippen LogP contribution >= 0.6 is 0 Å². The molecule has 4 aliphatic rings. The second-order valence-electron chi connectivity index (χ2n) is 15.5. The van der Waals surface area contributed by atoms with E-state index in [1.165, 1.54) is 57.8 Å². The molecule has 0 amide bonds. The molecule has 1 aromatic heterocycles. The molecule has 4 fully saturated rings. The van der Waals surface area contributed by atoms with Gasteiger partial charge < -0.3 is 0 Å². The largest absolute Gasteiger partial charge is 0.299 e. The van der Waals surface area contributed by atoms with Gasteiger partial charge in [0.2, 0.25) is 0 Å². The Balaban J connectivity index is 1.13. The zero-order valence-electron chi connectivity index (χ0n) is 26.1. The second-order valence-corrected chi connectivity index (χ2v) is 17.0. The van der Waals surface area contributed by atoms with Crippen LogP contribution in [0.25, 0.3) is 10.9 Å². The number of aromatic nitrogens is 1. The van der Waals surface area contributed by atoms with Crippen molar-refractivity contribution >= 4 is 21.0 Å². The highest BCUT2D eigenvalue weighted by molar-refractivity contribution is 7.87. The highest BCUT2D eigenvalue weighted by Crippen LogP contribution is 2.68. The summed E-state index contributed by atoms with van der Waals surface area (Å²) in [4.78, 5) is 4.57. The molecule has 0 aliphatic heterocycles. The standard InChI is InChI=1S/C36H53NO3S/c1-24(2)9-6-10-25(3)30-16-17-31-29-15-14-27-23-28(18-20-35(27,4)32(29)19-21-36(30,31)5)40-41(38,39)33-13-7-11-26-12-8-22-37-34(26)33/h7-8,11-13,22,24-25,27-32H,6,9-10,14-21,23H2,1-5H3/t25-,27+,28+,29+,30-,31+,32+,35+,36-/m1/s1. The Kier molecular flexibility index (Phi) is 8.11. The zero-order chi connectivity index (χ0) is 29.0. The lowest BCUT2D eigenvalue weighted by Crippen LogP contribution is -2.54. The third-order valence-corrected chi connectivity index (χ3v) is 14.3. The van der Waals surface area contributed by atoms with E-state index in [1.807, 2.05) is 18.2 Å². The number of hydrogen-bond donors (Lipinski definition) is 0. The number of fused-ring (bicyclic) bond motifs is 6. The highest BCUT2D eigenvalue weighted by Gasteiger charge is 2.60. The summed E-state index contributed by atoms with van der Waals surface area (Å²) in [6, 6.07) is 9.08. The van der Waals surface area contributed by atoms with Crippen LogP contribution in [0.1, 0.15) is 112 Å². The fourth-order valence-electron chi connectivity index (χ4n) is 10.8. The summed E-state index contributed by atoms with van der Waals surface area (Å²) in [6.07, 6.45) is 16.6. The molecule has 0 unspecified atom stereocenters. The zero-order valence-corrected chi connectivity index (χ0v) is 27.0. The first-order valence-electron chi connectivity index (χ1n) is 16.8. The molecular formula is C36H53NO3S. The maximum Gasteiger partial charge on any atom is 0.299 e. The van der Waals surface area contributed by atoms with E-state index in [-0.39, 0.29) is 11.0 Å². The van der Waals surface area contributed by atoms with Crippen molar-refractivity contribution in [3.63, 3.8) is 0 Å². The van der Waals surface area contributed by atoms with E-state index < -0.39 is 10.1 Å². The van der Waals surface area contributed by atoms with Gasteiger partial charge in [-0.3, -0.25) is 9.17 Å². The van der Waals surface area contributed by atoms with E-state index in [1.54, 1.807) is 18.3 Å². The van der Waals surface area contributed by atoms with Crippen molar-refractivity contribution in [3.8, 4) is 0 Å². The van der Waals surface area contributed by atoms with E-state index >= 15 is 0 Å². The molecule has 9 atom stereocenters. The predicted octanol–water partition coefficient (Wildman–Crippen LogP) is 9.43. The van der Waals surface area contributed by atoms with Crippen LogP contribution in [0.4, 0.5) is 0 Å². The number of benzene rings is 1. The quantitative estimate of drug-likeness (QED) is 0.292. The van der Waals surface area contributed by atoms with Gasteiger partial charge in [-0.15, -0.1) is 0 Å². The fourth-order valence-corrected chi connectivity index (χ4v) is 12.1. The van der Waals surface area contributed by atoms with E-state index in [0.717, 1.165) is 60.2 Å². The molecule has 4 aliphatic carbocycles. The summed E-state index contributed by atoms with van der Waals surface area (Å²) in [5, 5.41) is 0.829. The molecule has 41 heavy (non-hydrogen) atoms. The minimum absolute atomic E-state index is 0.202. The third-order valence-electron chi connectivity index (χ3n) is 12.9. The minimum atomic E-state index is -3.88. The topological polar surface area (TPSA) is 56.3 Å². The van der Waals surface area contributed by atoms with Gasteiger partial charge in [-0.05, 0) is 122 Å².